The van der Waals surface area contributed by atoms with Gasteiger partial charge in [0.1, 0.15) is 16.4 Å². The molecule has 0 spiro atoms. The quantitative estimate of drug-likeness (QED) is 0.403. The Kier molecular flexibility index (Phi) is 5.97. The maximum absolute atomic E-state index is 12.7. The first-order valence-corrected chi connectivity index (χ1v) is 11.8. The third-order valence-electron chi connectivity index (χ3n) is 5.72. The van der Waals surface area contributed by atoms with E-state index in [1.54, 1.807) is 30.6 Å². The number of carbonyl (C=O) groups excluding carboxylic acids is 2. The van der Waals surface area contributed by atoms with E-state index in [0.717, 1.165) is 16.0 Å². The number of benzene rings is 1. The lowest BCUT2D eigenvalue weighted by molar-refractivity contribution is -0.115. The van der Waals surface area contributed by atoms with Crippen molar-refractivity contribution in [1.82, 2.24) is 9.97 Å². The molecule has 29 heavy (non-hydrogen) atoms. The number of fused-ring (bicyclic) bond motifs is 3. The van der Waals surface area contributed by atoms with Crippen LogP contribution in [0.1, 0.15) is 61.9 Å². The van der Waals surface area contributed by atoms with Crippen LogP contribution in [0.15, 0.2) is 40.6 Å². The molecule has 152 valence electrons. The summed E-state index contributed by atoms with van der Waals surface area (Å²) in [4.78, 5) is 33.2. The number of carbonyl (C=O) groups is 2. The number of ketones is 1. The number of aromatic nitrogens is 2. The van der Waals surface area contributed by atoms with Crippen LogP contribution in [0.2, 0.25) is 0 Å². The van der Waals surface area contributed by atoms with E-state index in [1.165, 1.54) is 43.5 Å². The number of hydrogen-bond acceptors (Lipinski definition) is 6. The van der Waals surface area contributed by atoms with Gasteiger partial charge in [-0.15, -0.1) is 11.8 Å². The summed E-state index contributed by atoms with van der Waals surface area (Å²) in [6.07, 6.45) is 5.27. The third-order valence-corrected chi connectivity index (χ3v) is 8.20. The fourth-order valence-corrected chi connectivity index (χ4v) is 6.73. The van der Waals surface area contributed by atoms with Crippen LogP contribution in [0.4, 0.5) is 5.69 Å². The first-order valence-electron chi connectivity index (χ1n) is 10.0. The molecule has 0 saturated heterocycles. The highest BCUT2D eigenvalue weighted by Crippen LogP contribution is 2.54. The fourth-order valence-electron chi connectivity index (χ4n) is 4.05. The van der Waals surface area contributed by atoms with E-state index >= 15 is 0 Å². The highest BCUT2D eigenvalue weighted by Gasteiger charge is 2.40. The number of nitrogens with zero attached hydrogens (tertiary/aromatic N) is 2. The molecule has 2 aliphatic rings. The molecule has 7 heteroatoms. The summed E-state index contributed by atoms with van der Waals surface area (Å²) in [6.45, 7) is 5.76. The summed E-state index contributed by atoms with van der Waals surface area (Å²) >= 11 is 3.40. The van der Waals surface area contributed by atoms with Crippen molar-refractivity contribution in [3.8, 4) is 0 Å². The van der Waals surface area contributed by atoms with Gasteiger partial charge in [0, 0.05) is 28.0 Å². The average molecular weight is 428 g/mol. The maximum atomic E-state index is 12.7. The van der Waals surface area contributed by atoms with E-state index in [1.807, 2.05) is 18.7 Å². The largest absolute Gasteiger partial charge is 0.325 e. The van der Waals surface area contributed by atoms with Crippen molar-refractivity contribution in [3.63, 3.8) is 0 Å². The Balaban J connectivity index is 1.45. The Morgan fingerprint density at radius 1 is 1.21 bits per heavy atom. The van der Waals surface area contributed by atoms with Gasteiger partial charge in [-0.1, -0.05) is 25.1 Å². The number of hydrogen-bond donors (Lipinski definition) is 1. The first kappa shape index (κ1) is 20.4. The zero-order valence-corrected chi connectivity index (χ0v) is 18.5. The topological polar surface area (TPSA) is 72.0 Å². The molecule has 0 bridgehead atoms. The second-order valence-corrected chi connectivity index (χ2v) is 10.5. The molecule has 1 fully saturated rings. The molecule has 4 atom stereocenters. The molecule has 1 aliphatic carbocycles. The summed E-state index contributed by atoms with van der Waals surface area (Å²) in [7, 11) is 0. The summed E-state index contributed by atoms with van der Waals surface area (Å²) in [5.74, 6) is 1.21. The van der Waals surface area contributed by atoms with Crippen LogP contribution in [0.5, 0.6) is 0 Å². The minimum atomic E-state index is -0.284. The van der Waals surface area contributed by atoms with E-state index in [4.69, 9.17) is 0 Å². The molecule has 2 aromatic rings. The minimum Gasteiger partial charge on any atom is -0.325 e. The normalized spacial score (nSPS) is 23.8. The molecular weight excluding hydrogens is 402 g/mol. The highest BCUT2D eigenvalue weighted by molar-refractivity contribution is 8.01. The molecule has 4 unspecified atom stereocenters. The Morgan fingerprint density at radius 2 is 1.97 bits per heavy atom. The van der Waals surface area contributed by atoms with Crippen molar-refractivity contribution in [2.45, 2.75) is 66.5 Å². The standard InChI is InChI=1S/C22H25N3O2S2/c1-12-4-9-17-18(10-12)29-22-19(17)21(23-11-24-22)28-14(3)20(27)25-16-7-5-15(6-8-16)13(2)26/h5-8,11-12,14,17-18H,4,9-10H2,1-3H3,(H,25,27). The second-order valence-electron chi connectivity index (χ2n) is 7.96. The Morgan fingerprint density at radius 3 is 2.69 bits per heavy atom. The van der Waals surface area contributed by atoms with Crippen LogP contribution in [-0.4, -0.2) is 32.2 Å². The molecule has 4 rings (SSSR count). The molecule has 1 aromatic carbocycles. The van der Waals surface area contributed by atoms with Gasteiger partial charge < -0.3 is 5.32 Å². The maximum Gasteiger partial charge on any atom is 0.237 e. The molecule has 1 amide bonds. The van der Waals surface area contributed by atoms with Gasteiger partial charge in [-0.05, 0) is 56.9 Å². The predicted octanol–water partition coefficient (Wildman–Crippen LogP) is 5.18. The molecule has 1 aromatic heterocycles. The monoisotopic (exact) mass is 427 g/mol. The van der Waals surface area contributed by atoms with Crippen molar-refractivity contribution >= 4 is 40.9 Å². The van der Waals surface area contributed by atoms with Crippen molar-refractivity contribution < 1.29 is 9.59 Å². The molecule has 1 saturated carbocycles. The summed E-state index contributed by atoms with van der Waals surface area (Å²) in [5, 5.41) is 5.29. The van der Waals surface area contributed by atoms with E-state index < -0.39 is 0 Å². The van der Waals surface area contributed by atoms with Crippen LogP contribution in [0, 0.1) is 5.92 Å². The van der Waals surface area contributed by atoms with Gasteiger partial charge in [-0.3, -0.25) is 9.59 Å². The van der Waals surface area contributed by atoms with Crippen LogP contribution in [0.3, 0.4) is 0 Å². The van der Waals surface area contributed by atoms with E-state index in [9.17, 15) is 9.59 Å². The van der Waals surface area contributed by atoms with Crippen molar-refractivity contribution in [3.05, 3.63) is 41.7 Å². The Bertz CT molecular complexity index is 932. The van der Waals surface area contributed by atoms with E-state index in [0.29, 0.717) is 22.4 Å². The number of thioether (sulfide) groups is 2. The lowest BCUT2D eigenvalue weighted by atomic mass is 9.80. The second kappa shape index (κ2) is 8.48. The van der Waals surface area contributed by atoms with Crippen molar-refractivity contribution in [1.29, 1.82) is 0 Å². The summed E-state index contributed by atoms with van der Waals surface area (Å²) in [6, 6.07) is 6.99. The lowest BCUT2D eigenvalue weighted by Gasteiger charge is -2.29. The van der Waals surface area contributed by atoms with Crippen molar-refractivity contribution in [2.24, 2.45) is 5.92 Å². The molecule has 1 N–H and O–H groups in total. The van der Waals surface area contributed by atoms with Crippen LogP contribution >= 0.6 is 23.5 Å². The van der Waals surface area contributed by atoms with Gasteiger partial charge in [0.2, 0.25) is 5.91 Å². The molecule has 0 radical (unpaired) electrons. The highest BCUT2D eigenvalue weighted by atomic mass is 32.2. The fraction of sp³-hybridized carbons (Fsp3) is 0.455. The Labute approximate surface area is 179 Å². The van der Waals surface area contributed by atoms with Crippen LogP contribution in [0.25, 0.3) is 0 Å². The first-order chi connectivity index (χ1) is 13.9. The molecular formula is C22H25N3O2S2. The average Bonchev–Trinajstić information content (AvgIpc) is 3.06. The van der Waals surface area contributed by atoms with Crippen molar-refractivity contribution in [2.75, 3.05) is 5.32 Å². The lowest BCUT2D eigenvalue weighted by Crippen LogP contribution is -2.24. The molecule has 2 heterocycles. The predicted molar refractivity (Wildman–Crippen MR) is 118 cm³/mol. The van der Waals surface area contributed by atoms with E-state index in [-0.39, 0.29) is 16.9 Å². The number of amides is 1. The van der Waals surface area contributed by atoms with Gasteiger partial charge in [-0.2, -0.15) is 0 Å². The smallest absolute Gasteiger partial charge is 0.237 e. The van der Waals surface area contributed by atoms with Crippen LogP contribution < -0.4 is 5.32 Å². The Hall–Kier alpha value is -1.86. The van der Waals surface area contributed by atoms with Gasteiger partial charge >= 0.3 is 0 Å². The van der Waals surface area contributed by atoms with Gasteiger partial charge in [-0.25, -0.2) is 9.97 Å². The number of Topliss-reactive ketones (excluding diaryl/α,β-unsaturated/α-hetero) is 1. The van der Waals surface area contributed by atoms with Gasteiger partial charge in [0.05, 0.1) is 5.25 Å². The van der Waals surface area contributed by atoms with Gasteiger partial charge in [0.25, 0.3) is 0 Å². The molecule has 1 aliphatic heterocycles. The third kappa shape index (κ3) is 4.36. The number of anilines is 1. The SMILES string of the molecule is CC(=O)c1ccc(NC(=O)C(C)Sc2ncnc3c2C2CCC(C)CC2S3)cc1. The van der Waals surface area contributed by atoms with Crippen LogP contribution in [-0.2, 0) is 4.79 Å². The summed E-state index contributed by atoms with van der Waals surface area (Å²) < 4.78 is 0. The summed E-state index contributed by atoms with van der Waals surface area (Å²) in [5.41, 5.74) is 2.58. The zero-order valence-electron chi connectivity index (χ0n) is 16.8. The van der Waals surface area contributed by atoms with Gasteiger partial charge in [0.15, 0.2) is 5.78 Å². The zero-order chi connectivity index (χ0) is 20.5. The minimum absolute atomic E-state index is 0.0118. The van der Waals surface area contributed by atoms with E-state index in [2.05, 4.69) is 22.2 Å². The molecule has 5 nitrogen and oxygen atoms in total. The number of rotatable bonds is 5. The number of nitrogens with one attached hydrogen (secondary N) is 1.